The van der Waals surface area contributed by atoms with E-state index >= 15 is 0 Å². The van der Waals surface area contributed by atoms with Crippen molar-refractivity contribution in [2.45, 2.75) is 25.7 Å². The molecular formula is C18H17N5O. The second kappa shape index (κ2) is 6.23. The molecule has 0 aliphatic heterocycles. The Bertz CT molecular complexity index is 856. The van der Waals surface area contributed by atoms with Crippen LogP contribution in [0.15, 0.2) is 48.8 Å². The highest BCUT2D eigenvalue weighted by atomic mass is 16.1. The summed E-state index contributed by atoms with van der Waals surface area (Å²) in [7, 11) is 0. The Hall–Kier alpha value is -3.02. The Labute approximate surface area is 139 Å². The Morgan fingerprint density at radius 1 is 1.04 bits per heavy atom. The number of carbonyl (C=O) groups excluding carboxylic acids is 1. The van der Waals surface area contributed by atoms with Gasteiger partial charge in [-0.05, 0) is 77.6 Å². The molecule has 6 nitrogen and oxygen atoms in total. The van der Waals surface area contributed by atoms with Crippen molar-refractivity contribution in [3.8, 4) is 5.69 Å². The maximum atomic E-state index is 12.5. The van der Waals surface area contributed by atoms with Crippen molar-refractivity contribution in [2.24, 2.45) is 0 Å². The first-order valence-electron chi connectivity index (χ1n) is 8.07. The quantitative estimate of drug-likeness (QED) is 0.805. The Morgan fingerprint density at radius 3 is 2.67 bits per heavy atom. The van der Waals surface area contributed by atoms with Gasteiger partial charge in [0.15, 0.2) is 0 Å². The van der Waals surface area contributed by atoms with E-state index in [0.717, 1.165) is 24.2 Å². The number of hydrogen-bond donors (Lipinski definition) is 1. The zero-order valence-electron chi connectivity index (χ0n) is 13.1. The van der Waals surface area contributed by atoms with Gasteiger partial charge in [0.2, 0.25) is 0 Å². The van der Waals surface area contributed by atoms with Gasteiger partial charge in [0.25, 0.3) is 5.91 Å². The third-order valence-corrected chi connectivity index (χ3v) is 4.39. The summed E-state index contributed by atoms with van der Waals surface area (Å²) in [6, 6.07) is 13.4. The summed E-state index contributed by atoms with van der Waals surface area (Å²) in [5.41, 5.74) is 4.99. The van der Waals surface area contributed by atoms with E-state index < -0.39 is 0 Å². The van der Waals surface area contributed by atoms with Gasteiger partial charge < -0.3 is 5.32 Å². The van der Waals surface area contributed by atoms with Gasteiger partial charge in [-0.2, -0.15) is 0 Å². The number of aromatic nitrogens is 4. The lowest BCUT2D eigenvalue weighted by molar-refractivity contribution is 0.102. The van der Waals surface area contributed by atoms with Gasteiger partial charge in [0, 0.05) is 11.3 Å². The molecule has 1 aliphatic carbocycles. The fourth-order valence-corrected chi connectivity index (χ4v) is 3.14. The fourth-order valence-electron chi connectivity index (χ4n) is 3.14. The molecule has 0 spiro atoms. The van der Waals surface area contributed by atoms with E-state index in [4.69, 9.17) is 0 Å². The normalized spacial score (nSPS) is 13.3. The molecule has 0 saturated carbocycles. The van der Waals surface area contributed by atoms with E-state index in [1.54, 1.807) is 16.8 Å². The zero-order chi connectivity index (χ0) is 16.4. The molecule has 2 aromatic carbocycles. The molecule has 1 N–H and O–H groups in total. The van der Waals surface area contributed by atoms with E-state index in [2.05, 4.69) is 26.9 Å². The highest BCUT2D eigenvalue weighted by Gasteiger charge is 2.15. The van der Waals surface area contributed by atoms with Crippen LogP contribution in [0.4, 0.5) is 5.69 Å². The van der Waals surface area contributed by atoms with Crippen molar-refractivity contribution in [1.29, 1.82) is 0 Å². The summed E-state index contributed by atoms with van der Waals surface area (Å²) < 4.78 is 1.55. The average Bonchev–Trinajstić information content (AvgIpc) is 3.17. The Kier molecular flexibility index (Phi) is 3.78. The molecule has 0 saturated heterocycles. The summed E-state index contributed by atoms with van der Waals surface area (Å²) in [5, 5.41) is 14.1. The number of nitrogens with zero attached hydrogens (tertiary/aromatic N) is 4. The van der Waals surface area contributed by atoms with Crippen LogP contribution >= 0.6 is 0 Å². The highest BCUT2D eigenvalue weighted by Crippen LogP contribution is 2.28. The smallest absolute Gasteiger partial charge is 0.255 e. The molecule has 0 bridgehead atoms. The molecule has 0 fully saturated rings. The first-order valence-corrected chi connectivity index (χ1v) is 8.07. The topological polar surface area (TPSA) is 72.7 Å². The molecule has 6 heteroatoms. The monoisotopic (exact) mass is 319 g/mol. The van der Waals surface area contributed by atoms with Crippen LogP contribution in [0, 0.1) is 0 Å². The van der Waals surface area contributed by atoms with Gasteiger partial charge in [-0.3, -0.25) is 4.79 Å². The minimum atomic E-state index is -0.0998. The lowest BCUT2D eigenvalue weighted by atomic mass is 9.90. The minimum absolute atomic E-state index is 0.0998. The zero-order valence-corrected chi connectivity index (χ0v) is 13.1. The van der Waals surface area contributed by atoms with Gasteiger partial charge >= 0.3 is 0 Å². The van der Waals surface area contributed by atoms with Crippen molar-refractivity contribution in [3.05, 3.63) is 65.5 Å². The first kappa shape index (κ1) is 14.6. The SMILES string of the molecule is O=C(Nc1cccc2c1CCCC2)c1ccc(-n2cnnn2)cc1. The van der Waals surface area contributed by atoms with Gasteiger partial charge in [-0.15, -0.1) is 5.10 Å². The molecule has 24 heavy (non-hydrogen) atoms. The van der Waals surface area contributed by atoms with E-state index in [9.17, 15) is 4.79 Å². The van der Waals surface area contributed by atoms with Gasteiger partial charge in [0.1, 0.15) is 6.33 Å². The van der Waals surface area contributed by atoms with E-state index in [1.807, 2.05) is 24.3 Å². The molecule has 1 aromatic heterocycles. The van der Waals surface area contributed by atoms with Crippen LogP contribution in [0.5, 0.6) is 0 Å². The number of nitrogens with one attached hydrogen (secondary N) is 1. The number of amides is 1. The van der Waals surface area contributed by atoms with Crippen LogP contribution < -0.4 is 5.32 Å². The van der Waals surface area contributed by atoms with Crippen molar-refractivity contribution in [2.75, 3.05) is 5.32 Å². The van der Waals surface area contributed by atoms with E-state index in [-0.39, 0.29) is 5.91 Å². The summed E-state index contributed by atoms with van der Waals surface area (Å²) in [6.07, 6.45) is 6.05. The number of benzene rings is 2. The maximum Gasteiger partial charge on any atom is 0.255 e. The number of anilines is 1. The molecule has 1 aliphatic rings. The van der Waals surface area contributed by atoms with Crippen molar-refractivity contribution in [3.63, 3.8) is 0 Å². The maximum absolute atomic E-state index is 12.5. The summed E-state index contributed by atoms with van der Waals surface area (Å²) in [4.78, 5) is 12.5. The highest BCUT2D eigenvalue weighted by molar-refractivity contribution is 6.04. The molecular weight excluding hydrogens is 302 g/mol. The lowest BCUT2D eigenvalue weighted by Gasteiger charge is -2.19. The fraction of sp³-hybridized carbons (Fsp3) is 0.222. The summed E-state index contributed by atoms with van der Waals surface area (Å²) >= 11 is 0. The van der Waals surface area contributed by atoms with E-state index in [1.165, 1.54) is 30.3 Å². The van der Waals surface area contributed by atoms with Crippen LogP contribution in [0.2, 0.25) is 0 Å². The van der Waals surface area contributed by atoms with Crippen LogP contribution in [-0.4, -0.2) is 26.1 Å². The first-order chi connectivity index (χ1) is 11.8. The molecule has 0 radical (unpaired) electrons. The molecule has 1 amide bonds. The second-order valence-corrected chi connectivity index (χ2v) is 5.91. The molecule has 3 aromatic rings. The van der Waals surface area contributed by atoms with Crippen LogP contribution in [-0.2, 0) is 12.8 Å². The Balaban J connectivity index is 1.54. The summed E-state index contributed by atoms with van der Waals surface area (Å²) in [5.74, 6) is -0.0998. The van der Waals surface area contributed by atoms with E-state index in [0.29, 0.717) is 5.56 Å². The summed E-state index contributed by atoms with van der Waals surface area (Å²) in [6.45, 7) is 0. The van der Waals surface area contributed by atoms with Crippen molar-refractivity contribution < 1.29 is 4.79 Å². The predicted molar refractivity (Wildman–Crippen MR) is 90.2 cm³/mol. The van der Waals surface area contributed by atoms with Gasteiger partial charge in [-0.1, -0.05) is 12.1 Å². The lowest BCUT2D eigenvalue weighted by Crippen LogP contribution is -2.15. The van der Waals surface area contributed by atoms with Gasteiger partial charge in [0.05, 0.1) is 5.69 Å². The van der Waals surface area contributed by atoms with Gasteiger partial charge in [-0.25, -0.2) is 4.68 Å². The largest absolute Gasteiger partial charge is 0.322 e. The molecule has 120 valence electrons. The number of rotatable bonds is 3. The number of aryl methyl sites for hydroxylation is 1. The number of carbonyl (C=O) groups is 1. The van der Waals surface area contributed by atoms with Crippen LogP contribution in [0.1, 0.15) is 34.3 Å². The molecule has 0 unspecified atom stereocenters. The molecule has 1 heterocycles. The number of hydrogen-bond acceptors (Lipinski definition) is 4. The second-order valence-electron chi connectivity index (χ2n) is 5.91. The van der Waals surface area contributed by atoms with Crippen LogP contribution in [0.25, 0.3) is 5.69 Å². The average molecular weight is 319 g/mol. The minimum Gasteiger partial charge on any atom is -0.322 e. The Morgan fingerprint density at radius 2 is 1.88 bits per heavy atom. The predicted octanol–water partition coefficient (Wildman–Crippen LogP) is 2.79. The standard InChI is InChI=1S/C18H17N5O/c24-18(14-8-10-15(11-9-14)23-12-19-21-22-23)20-17-7-3-5-13-4-1-2-6-16(13)17/h3,5,7-12H,1-2,4,6H2,(H,20,24). The number of fused-ring (bicyclic) bond motifs is 1. The van der Waals surface area contributed by atoms with Crippen LogP contribution in [0.3, 0.4) is 0 Å². The number of tetrazole rings is 1. The molecule has 0 atom stereocenters. The molecule has 4 rings (SSSR count). The van der Waals surface area contributed by atoms with Crippen molar-refractivity contribution >= 4 is 11.6 Å². The third kappa shape index (κ3) is 2.78. The third-order valence-electron chi connectivity index (χ3n) is 4.39. The van der Waals surface area contributed by atoms with Crippen molar-refractivity contribution in [1.82, 2.24) is 20.2 Å².